The van der Waals surface area contributed by atoms with E-state index >= 15 is 0 Å². The third kappa shape index (κ3) is 3.90. The number of hydrogen-bond donors (Lipinski definition) is 0. The standard InChI is InChI=1S/C16H16Cl2N2O4S2/c17-13-3-1-5-15(11-13)25(21,22)19-7-9-20(10-8-19)26(23,24)16-6-2-4-14(18)12-16/h1-6,11-12H,7-10H2. The van der Waals surface area contributed by atoms with Crippen molar-refractivity contribution in [3.05, 3.63) is 58.6 Å². The molecule has 1 fully saturated rings. The summed E-state index contributed by atoms with van der Waals surface area (Å²) in [5.41, 5.74) is 0. The SMILES string of the molecule is O=S(=O)(c1cccc(Cl)c1)N1CCN(S(=O)(=O)c2cccc(Cl)c2)CC1. The highest BCUT2D eigenvalue weighted by Crippen LogP contribution is 2.24. The molecule has 0 aliphatic carbocycles. The van der Waals surface area contributed by atoms with E-state index in [1.54, 1.807) is 24.3 Å². The molecule has 1 saturated heterocycles. The van der Waals surface area contributed by atoms with Crippen LogP contribution in [0, 0.1) is 0 Å². The van der Waals surface area contributed by atoms with Gasteiger partial charge in [-0.15, -0.1) is 0 Å². The van der Waals surface area contributed by atoms with Gasteiger partial charge in [0.05, 0.1) is 9.79 Å². The second-order valence-corrected chi connectivity index (χ2v) is 10.5. The predicted octanol–water partition coefficient (Wildman–Crippen LogP) is 2.69. The summed E-state index contributed by atoms with van der Waals surface area (Å²) in [5, 5.41) is 0.654. The van der Waals surface area contributed by atoms with E-state index in [1.165, 1.54) is 32.9 Å². The number of hydrogen-bond acceptors (Lipinski definition) is 4. The molecule has 140 valence electrons. The van der Waals surface area contributed by atoms with Crippen molar-refractivity contribution in [1.82, 2.24) is 8.61 Å². The van der Waals surface area contributed by atoms with Crippen molar-refractivity contribution in [3.63, 3.8) is 0 Å². The van der Waals surface area contributed by atoms with Crippen LogP contribution >= 0.6 is 23.2 Å². The topological polar surface area (TPSA) is 74.8 Å². The fourth-order valence-corrected chi connectivity index (χ4v) is 6.15. The number of nitrogens with zero attached hydrogens (tertiary/aromatic N) is 2. The first-order valence-electron chi connectivity index (χ1n) is 7.73. The Kier molecular flexibility index (Phi) is 5.62. The summed E-state index contributed by atoms with van der Waals surface area (Å²) >= 11 is 11.7. The van der Waals surface area contributed by atoms with Crippen LogP contribution in [-0.4, -0.2) is 51.6 Å². The van der Waals surface area contributed by atoms with Crippen LogP contribution in [-0.2, 0) is 20.0 Å². The number of halogens is 2. The molecule has 2 aromatic carbocycles. The molecule has 1 aliphatic heterocycles. The number of benzene rings is 2. The third-order valence-electron chi connectivity index (χ3n) is 4.07. The predicted molar refractivity (Wildman–Crippen MR) is 100 cm³/mol. The molecule has 0 N–H and O–H groups in total. The summed E-state index contributed by atoms with van der Waals surface area (Å²) in [6.45, 7) is 0.257. The average molecular weight is 435 g/mol. The molecule has 0 radical (unpaired) electrons. The van der Waals surface area contributed by atoms with E-state index in [4.69, 9.17) is 23.2 Å². The highest BCUT2D eigenvalue weighted by Gasteiger charge is 2.33. The van der Waals surface area contributed by atoms with Gasteiger partial charge in [0.25, 0.3) is 0 Å². The maximum absolute atomic E-state index is 12.7. The van der Waals surface area contributed by atoms with Gasteiger partial charge in [-0.1, -0.05) is 35.3 Å². The lowest BCUT2D eigenvalue weighted by Crippen LogP contribution is -2.50. The smallest absolute Gasteiger partial charge is 0.207 e. The van der Waals surface area contributed by atoms with Crippen molar-refractivity contribution >= 4 is 43.2 Å². The molecule has 0 atom stereocenters. The Bertz CT molecular complexity index is 935. The van der Waals surface area contributed by atoms with Crippen molar-refractivity contribution < 1.29 is 16.8 Å². The Morgan fingerprint density at radius 1 is 0.654 bits per heavy atom. The van der Waals surface area contributed by atoms with Gasteiger partial charge < -0.3 is 0 Å². The molecule has 1 heterocycles. The minimum atomic E-state index is -3.72. The molecule has 0 bridgehead atoms. The molecule has 26 heavy (non-hydrogen) atoms. The Morgan fingerprint density at radius 2 is 1.00 bits per heavy atom. The van der Waals surface area contributed by atoms with E-state index in [1.807, 2.05) is 0 Å². The maximum Gasteiger partial charge on any atom is 0.243 e. The van der Waals surface area contributed by atoms with E-state index in [2.05, 4.69) is 0 Å². The molecule has 0 aromatic heterocycles. The monoisotopic (exact) mass is 434 g/mol. The third-order valence-corrected chi connectivity index (χ3v) is 8.32. The minimum Gasteiger partial charge on any atom is -0.207 e. The summed E-state index contributed by atoms with van der Waals surface area (Å²) in [7, 11) is -7.44. The summed E-state index contributed by atoms with van der Waals surface area (Å²) < 4.78 is 53.3. The van der Waals surface area contributed by atoms with Gasteiger partial charge in [0.15, 0.2) is 0 Å². The molecule has 0 saturated carbocycles. The first-order valence-corrected chi connectivity index (χ1v) is 11.4. The molecule has 3 rings (SSSR count). The molecule has 0 amide bonds. The molecular weight excluding hydrogens is 419 g/mol. The van der Waals surface area contributed by atoms with Crippen molar-refractivity contribution in [2.75, 3.05) is 26.2 Å². The van der Waals surface area contributed by atoms with Gasteiger partial charge in [-0.25, -0.2) is 16.8 Å². The Labute approximate surface area is 163 Å². The summed E-state index contributed by atoms with van der Waals surface area (Å²) in [6, 6.07) is 12.0. The van der Waals surface area contributed by atoms with E-state index < -0.39 is 20.0 Å². The lowest BCUT2D eigenvalue weighted by molar-refractivity contribution is 0.273. The van der Waals surface area contributed by atoms with Crippen LogP contribution in [0.15, 0.2) is 58.3 Å². The van der Waals surface area contributed by atoms with E-state index in [0.29, 0.717) is 10.0 Å². The van der Waals surface area contributed by atoms with Crippen molar-refractivity contribution in [1.29, 1.82) is 0 Å². The summed E-state index contributed by atoms with van der Waals surface area (Å²) in [4.78, 5) is 0.187. The fourth-order valence-electron chi connectivity index (χ4n) is 2.70. The summed E-state index contributed by atoms with van der Waals surface area (Å²) in [5.74, 6) is 0. The Balaban J connectivity index is 1.77. The van der Waals surface area contributed by atoms with Crippen LogP contribution < -0.4 is 0 Å². The van der Waals surface area contributed by atoms with E-state index in [0.717, 1.165) is 0 Å². The Hall–Kier alpha value is -1.16. The van der Waals surface area contributed by atoms with Gasteiger partial charge in [0, 0.05) is 36.2 Å². The van der Waals surface area contributed by atoms with Gasteiger partial charge in [-0.3, -0.25) is 0 Å². The molecule has 0 unspecified atom stereocenters. The first-order chi connectivity index (χ1) is 12.2. The fraction of sp³-hybridized carbons (Fsp3) is 0.250. The number of sulfonamides is 2. The molecule has 6 nitrogen and oxygen atoms in total. The molecule has 1 aliphatic rings. The molecular formula is C16H16Cl2N2O4S2. The first kappa shape index (κ1) is 19.6. The van der Waals surface area contributed by atoms with Crippen molar-refractivity contribution in [2.24, 2.45) is 0 Å². The van der Waals surface area contributed by atoms with Gasteiger partial charge in [-0.05, 0) is 36.4 Å². The zero-order valence-corrected chi connectivity index (χ0v) is 16.7. The maximum atomic E-state index is 12.7. The molecule has 0 spiro atoms. The number of piperazine rings is 1. The quantitative estimate of drug-likeness (QED) is 0.740. The van der Waals surface area contributed by atoms with Gasteiger partial charge in [0.1, 0.15) is 0 Å². The molecule has 2 aromatic rings. The second-order valence-electron chi connectivity index (χ2n) is 5.72. The van der Waals surface area contributed by atoms with Crippen LogP contribution in [0.2, 0.25) is 10.0 Å². The van der Waals surface area contributed by atoms with Crippen LogP contribution in [0.25, 0.3) is 0 Å². The minimum absolute atomic E-state index is 0.0641. The highest BCUT2D eigenvalue weighted by molar-refractivity contribution is 7.89. The van der Waals surface area contributed by atoms with Gasteiger partial charge >= 0.3 is 0 Å². The molecule has 10 heteroatoms. The number of rotatable bonds is 4. The van der Waals surface area contributed by atoms with E-state index in [9.17, 15) is 16.8 Å². The second kappa shape index (κ2) is 7.46. The highest BCUT2D eigenvalue weighted by atomic mass is 35.5. The normalized spacial score (nSPS) is 17.3. The van der Waals surface area contributed by atoms with Gasteiger partial charge in [0.2, 0.25) is 20.0 Å². The van der Waals surface area contributed by atoms with Crippen LogP contribution in [0.5, 0.6) is 0 Å². The lowest BCUT2D eigenvalue weighted by Gasteiger charge is -2.33. The van der Waals surface area contributed by atoms with Crippen molar-refractivity contribution in [2.45, 2.75) is 9.79 Å². The van der Waals surface area contributed by atoms with Crippen LogP contribution in [0.3, 0.4) is 0 Å². The zero-order chi connectivity index (χ0) is 18.9. The summed E-state index contributed by atoms with van der Waals surface area (Å²) in [6.07, 6.45) is 0. The van der Waals surface area contributed by atoms with Crippen LogP contribution in [0.1, 0.15) is 0 Å². The van der Waals surface area contributed by atoms with Crippen LogP contribution in [0.4, 0.5) is 0 Å². The largest absolute Gasteiger partial charge is 0.243 e. The lowest BCUT2D eigenvalue weighted by atomic mass is 10.4. The zero-order valence-electron chi connectivity index (χ0n) is 13.5. The van der Waals surface area contributed by atoms with Crippen molar-refractivity contribution in [3.8, 4) is 0 Å². The van der Waals surface area contributed by atoms with Gasteiger partial charge in [-0.2, -0.15) is 8.61 Å². The Morgan fingerprint density at radius 3 is 1.31 bits per heavy atom. The average Bonchev–Trinajstić information content (AvgIpc) is 2.62. The van der Waals surface area contributed by atoms with E-state index in [-0.39, 0.29) is 36.0 Å².